The third kappa shape index (κ3) is 9.22. The molecule has 4 N–H and O–H groups in total. The number of allylic oxidation sites excluding steroid dienone is 4. The molecule has 2 bridgehead atoms. The fraction of sp³-hybridized carbons (Fsp3) is 0.509. The molecular formula is C55H67NO3. The largest absolute Gasteiger partial charge is 0.508 e. The van der Waals surface area contributed by atoms with Crippen molar-refractivity contribution >= 4 is 5.97 Å². The summed E-state index contributed by atoms with van der Waals surface area (Å²) in [6.45, 7) is 0.515. The normalized spacial score (nSPS) is 33.4. The van der Waals surface area contributed by atoms with Crippen LogP contribution >= 0.6 is 0 Å². The van der Waals surface area contributed by atoms with E-state index < -0.39 is 17.3 Å². The molecule has 0 aromatic heterocycles. The predicted molar refractivity (Wildman–Crippen MR) is 241 cm³/mol. The molecule has 6 aliphatic rings. The highest BCUT2D eigenvalue weighted by Gasteiger charge is 2.58. The van der Waals surface area contributed by atoms with E-state index in [0.717, 1.165) is 69.3 Å². The lowest BCUT2D eigenvalue weighted by Gasteiger charge is -2.58. The van der Waals surface area contributed by atoms with Crippen LogP contribution in [0.25, 0.3) is 0 Å². The van der Waals surface area contributed by atoms with E-state index in [4.69, 9.17) is 5.73 Å². The number of phenolic OH excluding ortho intramolecular Hbond substituents is 1. The lowest BCUT2D eigenvalue weighted by molar-refractivity contribution is -0.145. The zero-order valence-electron chi connectivity index (χ0n) is 35.1. The van der Waals surface area contributed by atoms with E-state index in [1.165, 1.54) is 49.7 Å². The van der Waals surface area contributed by atoms with E-state index in [1.807, 2.05) is 18.2 Å². The van der Waals surface area contributed by atoms with E-state index in [1.54, 1.807) is 6.07 Å². The first-order chi connectivity index (χ1) is 28.9. The number of fused-ring (bicyclic) bond motifs is 5. The van der Waals surface area contributed by atoms with Gasteiger partial charge in [-0.25, -0.2) is 0 Å². The molecule has 4 nitrogen and oxygen atoms in total. The van der Waals surface area contributed by atoms with Crippen molar-refractivity contribution < 1.29 is 15.0 Å². The molecular weight excluding hydrogens is 723 g/mol. The van der Waals surface area contributed by atoms with Crippen LogP contribution < -0.4 is 5.73 Å². The zero-order valence-corrected chi connectivity index (χ0v) is 35.1. The Balaban J connectivity index is 1.25. The number of carboxylic acid groups (broad SMARTS) is 1. The number of benzene rings is 3. The molecule has 9 rings (SSSR count). The van der Waals surface area contributed by atoms with Crippen molar-refractivity contribution in [3.63, 3.8) is 0 Å². The highest BCUT2D eigenvalue weighted by atomic mass is 16.4. The van der Waals surface area contributed by atoms with Crippen molar-refractivity contribution in [3.05, 3.63) is 138 Å². The molecule has 310 valence electrons. The first-order valence-electron chi connectivity index (χ1n) is 23.3. The minimum atomic E-state index is -0.727. The van der Waals surface area contributed by atoms with Crippen LogP contribution in [0.4, 0.5) is 0 Å². The van der Waals surface area contributed by atoms with Gasteiger partial charge in [-0.05, 0) is 140 Å². The maximum atomic E-state index is 13.6. The molecule has 2 fully saturated rings. The monoisotopic (exact) mass is 790 g/mol. The van der Waals surface area contributed by atoms with Crippen molar-refractivity contribution in [1.29, 1.82) is 0 Å². The van der Waals surface area contributed by atoms with E-state index in [9.17, 15) is 15.0 Å². The Bertz CT molecular complexity index is 1980. The molecule has 0 radical (unpaired) electrons. The molecule has 11 atom stereocenters. The first-order valence-corrected chi connectivity index (χ1v) is 23.3. The third-order valence-corrected chi connectivity index (χ3v) is 15.7. The second-order valence-electron chi connectivity index (χ2n) is 19.0. The van der Waals surface area contributed by atoms with Gasteiger partial charge in [-0.15, -0.1) is 5.92 Å². The second kappa shape index (κ2) is 19.4. The molecule has 3 aromatic carbocycles. The molecule has 0 amide bonds. The van der Waals surface area contributed by atoms with Gasteiger partial charge in [0.15, 0.2) is 0 Å². The van der Waals surface area contributed by atoms with E-state index >= 15 is 0 Å². The average Bonchev–Trinajstić information content (AvgIpc) is 3.28. The number of aliphatic carboxylic acids is 1. The fourth-order valence-electron chi connectivity index (χ4n) is 13.0. The number of hydrogen-bond donors (Lipinski definition) is 3. The van der Waals surface area contributed by atoms with Gasteiger partial charge in [-0.3, -0.25) is 4.79 Å². The highest BCUT2D eigenvalue weighted by Crippen LogP contribution is 2.61. The van der Waals surface area contributed by atoms with Gasteiger partial charge < -0.3 is 15.9 Å². The second-order valence-corrected chi connectivity index (χ2v) is 19.0. The van der Waals surface area contributed by atoms with E-state index in [-0.39, 0.29) is 41.4 Å². The van der Waals surface area contributed by atoms with Gasteiger partial charge in [0.05, 0.1) is 5.92 Å². The number of aromatic hydroxyl groups is 1. The first kappa shape index (κ1) is 41.4. The smallest absolute Gasteiger partial charge is 0.310 e. The molecule has 2 saturated carbocycles. The molecule has 0 saturated heterocycles. The Morgan fingerprint density at radius 2 is 1.61 bits per heavy atom. The van der Waals surface area contributed by atoms with Gasteiger partial charge >= 0.3 is 5.97 Å². The number of phenols is 1. The van der Waals surface area contributed by atoms with Crippen molar-refractivity contribution in [3.8, 4) is 17.6 Å². The number of rotatable bonds is 11. The van der Waals surface area contributed by atoms with Crippen LogP contribution in [0.5, 0.6) is 5.75 Å². The molecule has 6 aliphatic carbocycles. The average molecular weight is 790 g/mol. The van der Waals surface area contributed by atoms with Crippen LogP contribution in [0.1, 0.15) is 112 Å². The van der Waals surface area contributed by atoms with Crippen LogP contribution in [0.3, 0.4) is 0 Å². The Hall–Kier alpha value is -4.33. The van der Waals surface area contributed by atoms with Crippen LogP contribution in [-0.2, 0) is 16.6 Å². The molecule has 0 unspecified atom stereocenters. The molecule has 4 heteroatoms. The van der Waals surface area contributed by atoms with Crippen LogP contribution in [0.2, 0.25) is 0 Å². The van der Waals surface area contributed by atoms with Gasteiger partial charge in [0.1, 0.15) is 5.75 Å². The summed E-state index contributed by atoms with van der Waals surface area (Å²) in [6, 6.07) is 29.9. The standard InChI is InChI=1S/C55H67NO3/c56-38-46-29-31-49(54(58)59)53-51-32-30-45(52(46)53)36-40(19-8-2-7-18-39-16-5-1-6-17-39)34-43(42-21-9-3-10-22-42)23-14-28-50-44(35-41-20-13-27-48(57)37-41)24-15-33-55(50,51)47-25-11-4-12-26-47/h2-4,8-13,20-22,25-27,29-32,37,39-40,43-46,49-53,57H,1,5-7,15-19,23-24,33-36,38,56H2,(H,58,59)/t40-,43+,44+,45+,46-,49+,50+,51+,52-,53+,55-/m1/s1. The van der Waals surface area contributed by atoms with E-state index in [2.05, 4.69) is 109 Å². The van der Waals surface area contributed by atoms with Crippen molar-refractivity contribution in [1.82, 2.24) is 0 Å². The summed E-state index contributed by atoms with van der Waals surface area (Å²) >= 11 is 0. The SMILES string of the molecule is NC[C@H]1C=C[C@H](C(=O)O)[C@@H]2[C@@H]1[C@H]1C=C[C@@H]2[C@@]2(c3ccccc3)CCC[C@@H](Cc3cccc(O)c3)[C@@H]2C#CC[C@H](c2ccccc2)C[C@@H](CC=CCCC2CCCCC2)C1. The lowest BCUT2D eigenvalue weighted by atomic mass is 9.45. The van der Waals surface area contributed by atoms with E-state index in [0.29, 0.717) is 24.1 Å². The Labute approximate surface area is 354 Å². The van der Waals surface area contributed by atoms with Crippen LogP contribution in [0, 0.1) is 71.0 Å². The Morgan fingerprint density at radius 3 is 2.37 bits per heavy atom. The van der Waals surface area contributed by atoms with Gasteiger partial charge in [-0.1, -0.05) is 154 Å². The summed E-state index contributed by atoms with van der Waals surface area (Å²) in [7, 11) is 0. The van der Waals surface area contributed by atoms with Gasteiger partial charge in [0, 0.05) is 17.8 Å². The molecule has 0 heterocycles. The topological polar surface area (TPSA) is 83.6 Å². The maximum absolute atomic E-state index is 13.6. The maximum Gasteiger partial charge on any atom is 0.310 e. The molecule has 59 heavy (non-hydrogen) atoms. The van der Waals surface area contributed by atoms with Gasteiger partial charge in [0.2, 0.25) is 0 Å². The van der Waals surface area contributed by atoms with Gasteiger partial charge in [0.25, 0.3) is 0 Å². The minimum absolute atomic E-state index is 0.00963. The minimum Gasteiger partial charge on any atom is -0.508 e. The summed E-state index contributed by atoms with van der Waals surface area (Å²) in [4.78, 5) is 13.6. The quantitative estimate of drug-likeness (QED) is 0.133. The molecule has 0 aliphatic heterocycles. The molecule has 3 aromatic rings. The van der Waals surface area contributed by atoms with Crippen molar-refractivity contribution in [2.75, 3.05) is 6.54 Å². The predicted octanol–water partition coefficient (Wildman–Crippen LogP) is 12.1. The number of nitrogens with two attached hydrogens (primary N) is 1. The Kier molecular flexibility index (Phi) is 13.6. The fourth-order valence-corrected chi connectivity index (χ4v) is 13.0. The van der Waals surface area contributed by atoms with Crippen molar-refractivity contribution in [2.45, 2.75) is 108 Å². The van der Waals surface area contributed by atoms with Crippen LogP contribution in [-0.4, -0.2) is 22.7 Å². The summed E-state index contributed by atoms with van der Waals surface area (Å²) in [5.41, 5.74) is 10.1. The highest BCUT2D eigenvalue weighted by molar-refractivity contribution is 5.73. The van der Waals surface area contributed by atoms with Gasteiger partial charge in [-0.2, -0.15) is 0 Å². The number of carbonyl (C=O) groups is 1. The summed E-state index contributed by atoms with van der Waals surface area (Å²) < 4.78 is 0. The number of hydrogen-bond acceptors (Lipinski definition) is 3. The summed E-state index contributed by atoms with van der Waals surface area (Å²) in [5.74, 6) is 9.14. The summed E-state index contributed by atoms with van der Waals surface area (Å²) in [6.07, 6.45) is 31.4. The Morgan fingerprint density at radius 1 is 0.814 bits per heavy atom. The third-order valence-electron chi connectivity index (χ3n) is 15.7. The number of carboxylic acids is 1. The lowest BCUT2D eigenvalue weighted by Crippen LogP contribution is -2.56. The van der Waals surface area contributed by atoms with Crippen LogP contribution in [0.15, 0.2) is 121 Å². The molecule has 0 spiro atoms. The van der Waals surface area contributed by atoms with Crippen molar-refractivity contribution in [2.24, 2.45) is 64.9 Å². The summed E-state index contributed by atoms with van der Waals surface area (Å²) in [5, 5.41) is 21.7. The zero-order chi connectivity index (χ0) is 40.6.